The monoisotopic (exact) mass is 348 g/mol. The fourth-order valence-corrected chi connectivity index (χ4v) is 4.71. The van der Waals surface area contributed by atoms with Gasteiger partial charge >= 0.3 is 11.9 Å². The van der Waals surface area contributed by atoms with Gasteiger partial charge < -0.3 is 20.0 Å². The van der Waals surface area contributed by atoms with Crippen LogP contribution in [0.3, 0.4) is 0 Å². The number of oxime groups is 1. The highest BCUT2D eigenvalue weighted by Crippen LogP contribution is 2.45. The Balaban J connectivity index is 2.39. The van der Waals surface area contributed by atoms with Crippen molar-refractivity contribution < 1.29 is 37.9 Å². The zero-order valence-electron chi connectivity index (χ0n) is 12.6. The lowest BCUT2D eigenvalue weighted by molar-refractivity contribution is -0.161. The Labute approximate surface area is 131 Å². The van der Waals surface area contributed by atoms with E-state index in [2.05, 4.69) is 5.16 Å². The third-order valence-corrected chi connectivity index (χ3v) is 6.74. The topological polar surface area (TPSA) is 151 Å². The molecule has 0 aromatic heterocycles. The fraction of sp³-hybridized carbons (Fsp3) is 0.667. The summed E-state index contributed by atoms with van der Waals surface area (Å²) in [4.78, 5) is 39.5. The maximum Gasteiger partial charge on any atom is 0.350 e. The van der Waals surface area contributed by atoms with Crippen LogP contribution in [0.4, 0.5) is 0 Å². The second-order valence-corrected chi connectivity index (χ2v) is 8.58. The van der Waals surface area contributed by atoms with Crippen molar-refractivity contribution in [1.82, 2.24) is 4.90 Å². The van der Waals surface area contributed by atoms with Gasteiger partial charge in [0.05, 0.1) is 12.6 Å². The average Bonchev–Trinajstić information content (AvgIpc) is 2.53. The number of carboxylic acid groups (broad SMARTS) is 2. The number of hydrogen-bond acceptors (Lipinski definition) is 7. The van der Waals surface area contributed by atoms with E-state index in [1.165, 1.54) is 13.8 Å². The summed E-state index contributed by atoms with van der Waals surface area (Å²) in [5, 5.41) is 20.4. The van der Waals surface area contributed by atoms with Crippen molar-refractivity contribution in [2.75, 3.05) is 0 Å². The molecule has 3 atom stereocenters. The predicted octanol–water partition coefficient (Wildman–Crippen LogP) is -0.949. The van der Waals surface area contributed by atoms with Gasteiger partial charge in [0.2, 0.25) is 11.5 Å². The first-order chi connectivity index (χ1) is 10.4. The summed E-state index contributed by atoms with van der Waals surface area (Å²) in [5.41, 5.74) is -1.72. The second kappa shape index (κ2) is 4.91. The summed E-state index contributed by atoms with van der Waals surface area (Å²) in [5.74, 6) is -3.40. The molecule has 23 heavy (non-hydrogen) atoms. The van der Waals surface area contributed by atoms with Crippen LogP contribution < -0.4 is 0 Å². The highest BCUT2D eigenvalue weighted by molar-refractivity contribution is 7.94. The lowest BCUT2D eigenvalue weighted by Gasteiger charge is -2.35. The number of β-lactam (4-membered cyclic amide) rings is 1. The van der Waals surface area contributed by atoms with Crippen molar-refractivity contribution in [3.05, 3.63) is 0 Å². The Hall–Kier alpha value is -2.17. The molecule has 128 valence electrons. The van der Waals surface area contributed by atoms with Crippen molar-refractivity contribution in [3.8, 4) is 0 Å². The second-order valence-electron chi connectivity index (χ2n) is 6.07. The van der Waals surface area contributed by atoms with E-state index in [9.17, 15) is 27.9 Å². The molecule has 0 unspecified atom stereocenters. The smallest absolute Gasteiger partial charge is 0.350 e. The quantitative estimate of drug-likeness (QED) is 0.367. The van der Waals surface area contributed by atoms with E-state index < -0.39 is 49.4 Å². The van der Waals surface area contributed by atoms with E-state index in [0.29, 0.717) is 0 Å². The summed E-state index contributed by atoms with van der Waals surface area (Å²) in [7, 11) is -4.05. The molecule has 2 rings (SSSR count). The SMILES string of the molecule is CC(C)(O/N=C\[C@@]1(C)[C@H](C(=O)O)N2C(=O)C[C@H]2S1(=O)=O)C(=O)O. The minimum atomic E-state index is -4.05. The van der Waals surface area contributed by atoms with Crippen LogP contribution in [-0.4, -0.2) is 69.4 Å². The van der Waals surface area contributed by atoms with Gasteiger partial charge in [-0.05, 0) is 20.8 Å². The van der Waals surface area contributed by atoms with Gasteiger partial charge in [-0.3, -0.25) is 4.79 Å². The van der Waals surface area contributed by atoms with Crippen LogP contribution >= 0.6 is 0 Å². The maximum absolute atomic E-state index is 12.5. The Morgan fingerprint density at radius 2 is 2.00 bits per heavy atom. The van der Waals surface area contributed by atoms with Crippen LogP contribution in [0, 0.1) is 0 Å². The van der Waals surface area contributed by atoms with E-state index >= 15 is 0 Å². The molecule has 0 radical (unpaired) electrons. The number of carboxylic acids is 2. The first kappa shape index (κ1) is 17.2. The molecule has 2 aliphatic heterocycles. The Morgan fingerprint density at radius 3 is 2.43 bits per heavy atom. The summed E-state index contributed by atoms with van der Waals surface area (Å²) in [6, 6.07) is -1.64. The Bertz CT molecular complexity index is 713. The van der Waals surface area contributed by atoms with Gasteiger partial charge in [0.25, 0.3) is 0 Å². The lowest BCUT2D eigenvalue weighted by atomic mass is 9.98. The lowest BCUT2D eigenvalue weighted by Crippen LogP contribution is -2.57. The van der Waals surface area contributed by atoms with Crippen LogP contribution in [0.5, 0.6) is 0 Å². The van der Waals surface area contributed by atoms with Crippen molar-refractivity contribution in [1.29, 1.82) is 0 Å². The van der Waals surface area contributed by atoms with Gasteiger partial charge in [-0.25, -0.2) is 18.0 Å². The van der Waals surface area contributed by atoms with E-state index in [1.807, 2.05) is 0 Å². The normalized spacial score (nSPS) is 32.5. The molecule has 2 heterocycles. The van der Waals surface area contributed by atoms with Crippen molar-refractivity contribution in [2.24, 2.45) is 5.16 Å². The van der Waals surface area contributed by atoms with Crippen molar-refractivity contribution in [3.63, 3.8) is 0 Å². The molecule has 1 amide bonds. The van der Waals surface area contributed by atoms with Gasteiger partial charge in [-0.1, -0.05) is 5.16 Å². The molecule has 0 saturated carbocycles. The summed E-state index contributed by atoms with van der Waals surface area (Å²) in [6.45, 7) is 3.51. The molecule has 2 aliphatic rings. The highest BCUT2D eigenvalue weighted by atomic mass is 32.2. The van der Waals surface area contributed by atoms with E-state index in [0.717, 1.165) is 18.0 Å². The molecular weight excluding hydrogens is 332 g/mol. The van der Waals surface area contributed by atoms with E-state index in [-0.39, 0.29) is 6.42 Å². The van der Waals surface area contributed by atoms with Gasteiger partial charge in [-0.2, -0.15) is 0 Å². The summed E-state index contributed by atoms with van der Waals surface area (Å²) in [6.07, 6.45) is 0.467. The number of carbonyl (C=O) groups is 3. The molecule has 0 aromatic rings. The first-order valence-corrected chi connectivity index (χ1v) is 8.14. The van der Waals surface area contributed by atoms with Gasteiger partial charge in [0, 0.05) is 0 Å². The minimum absolute atomic E-state index is 0.281. The van der Waals surface area contributed by atoms with Crippen LogP contribution in [0.1, 0.15) is 27.2 Å². The number of amides is 1. The van der Waals surface area contributed by atoms with Crippen molar-refractivity contribution in [2.45, 2.75) is 49.0 Å². The molecule has 0 aromatic carbocycles. The molecule has 0 bridgehead atoms. The Morgan fingerprint density at radius 1 is 1.43 bits per heavy atom. The molecule has 2 saturated heterocycles. The van der Waals surface area contributed by atoms with E-state index in [4.69, 9.17) is 9.94 Å². The molecule has 2 N–H and O–H groups in total. The maximum atomic E-state index is 12.5. The van der Waals surface area contributed by atoms with Crippen molar-refractivity contribution >= 4 is 33.9 Å². The van der Waals surface area contributed by atoms with Gasteiger partial charge in [-0.15, -0.1) is 0 Å². The third kappa shape index (κ3) is 2.26. The number of nitrogens with zero attached hydrogens (tertiary/aromatic N) is 2. The summed E-state index contributed by atoms with van der Waals surface area (Å²) >= 11 is 0. The Kier molecular flexibility index (Phi) is 3.67. The number of carbonyl (C=O) groups excluding carboxylic acids is 1. The largest absolute Gasteiger partial charge is 0.480 e. The predicted molar refractivity (Wildman–Crippen MR) is 75.3 cm³/mol. The molecule has 11 heteroatoms. The van der Waals surface area contributed by atoms with Crippen LogP contribution in [-0.2, 0) is 29.1 Å². The average molecular weight is 348 g/mol. The number of rotatable bonds is 5. The first-order valence-electron chi connectivity index (χ1n) is 6.60. The van der Waals surface area contributed by atoms with Crippen LogP contribution in [0.2, 0.25) is 0 Å². The highest BCUT2D eigenvalue weighted by Gasteiger charge is 2.69. The molecular formula is C12H16N2O8S. The van der Waals surface area contributed by atoms with E-state index in [1.54, 1.807) is 0 Å². The number of sulfone groups is 1. The molecule has 10 nitrogen and oxygen atoms in total. The third-order valence-electron chi connectivity index (χ3n) is 4.08. The zero-order chi connectivity index (χ0) is 17.8. The molecule has 0 spiro atoms. The number of hydrogen-bond donors (Lipinski definition) is 2. The number of fused-ring (bicyclic) bond motifs is 1. The van der Waals surface area contributed by atoms with Crippen LogP contribution in [0.25, 0.3) is 0 Å². The zero-order valence-corrected chi connectivity index (χ0v) is 13.4. The minimum Gasteiger partial charge on any atom is -0.480 e. The number of aliphatic carboxylic acids is 2. The fourth-order valence-electron chi connectivity index (χ4n) is 2.51. The summed E-state index contributed by atoms with van der Waals surface area (Å²) < 4.78 is 23.0. The van der Waals surface area contributed by atoms with Gasteiger partial charge in [0.1, 0.15) is 10.1 Å². The molecule has 0 aliphatic carbocycles. The van der Waals surface area contributed by atoms with Crippen LogP contribution in [0.15, 0.2) is 5.16 Å². The standard InChI is InChI=1S/C12H16N2O8S/c1-11(2,10(18)19)22-13-5-12(3)8(9(16)17)14-6(15)4-7(14)23(12,20)21/h5,7-8H,4H2,1-3H3,(H,16,17)(H,18,19)/b13-5-/t7-,8+,12+/m1/s1. The van der Waals surface area contributed by atoms with Gasteiger partial charge in [0.15, 0.2) is 15.9 Å². The molecule has 2 fully saturated rings.